The van der Waals surface area contributed by atoms with Crippen molar-refractivity contribution >= 4 is 39.4 Å². The largest absolute Gasteiger partial charge is 0.378 e. The number of anilines is 1. The number of hydrogen-bond donors (Lipinski definition) is 0. The highest BCUT2D eigenvalue weighted by Gasteiger charge is 2.18. The Bertz CT molecular complexity index is 1040. The van der Waals surface area contributed by atoms with Crippen LogP contribution in [0.5, 0.6) is 0 Å². The summed E-state index contributed by atoms with van der Waals surface area (Å²) in [5, 5.41) is 3.21. The van der Waals surface area contributed by atoms with Crippen molar-refractivity contribution in [3.63, 3.8) is 0 Å². The second-order valence-corrected chi connectivity index (χ2v) is 8.16. The minimum atomic E-state index is 0.745. The number of para-hydroxylation sites is 1. The molecule has 4 aromatic rings. The van der Waals surface area contributed by atoms with Gasteiger partial charge >= 0.3 is 0 Å². The van der Waals surface area contributed by atoms with E-state index in [1.807, 2.05) is 6.07 Å². The van der Waals surface area contributed by atoms with Gasteiger partial charge in [-0.05, 0) is 35.7 Å². The molecule has 0 N–H and O–H groups in total. The molecule has 0 unspecified atom stereocenters. The summed E-state index contributed by atoms with van der Waals surface area (Å²) >= 11 is 3.51. The topological polar surface area (TPSA) is 38.2 Å². The van der Waals surface area contributed by atoms with E-state index in [-0.39, 0.29) is 0 Å². The Labute approximate surface area is 159 Å². The van der Waals surface area contributed by atoms with E-state index in [0.717, 1.165) is 53.7 Å². The third-order valence-electron chi connectivity index (χ3n) is 4.48. The Balaban J connectivity index is 1.62. The van der Waals surface area contributed by atoms with E-state index in [9.17, 15) is 0 Å². The Morgan fingerprint density at radius 3 is 2.54 bits per heavy atom. The van der Waals surface area contributed by atoms with Crippen molar-refractivity contribution in [1.82, 2.24) is 9.97 Å². The van der Waals surface area contributed by atoms with Crippen molar-refractivity contribution in [2.24, 2.45) is 0 Å². The summed E-state index contributed by atoms with van der Waals surface area (Å²) in [7, 11) is 0. The molecule has 4 nitrogen and oxygen atoms in total. The minimum Gasteiger partial charge on any atom is -0.378 e. The van der Waals surface area contributed by atoms with Gasteiger partial charge in [0.15, 0.2) is 5.82 Å². The maximum atomic E-state index is 5.51. The van der Waals surface area contributed by atoms with Crippen molar-refractivity contribution in [1.29, 1.82) is 0 Å². The zero-order valence-electron chi connectivity index (χ0n) is 14.1. The molecule has 0 bridgehead atoms. The summed E-state index contributed by atoms with van der Waals surface area (Å²) in [5.41, 5.74) is 0.991. The van der Waals surface area contributed by atoms with Gasteiger partial charge in [0.05, 0.1) is 23.6 Å². The van der Waals surface area contributed by atoms with Crippen LogP contribution < -0.4 is 4.90 Å². The first kappa shape index (κ1) is 15.9. The van der Waals surface area contributed by atoms with Gasteiger partial charge in [-0.15, -0.1) is 22.7 Å². The van der Waals surface area contributed by atoms with E-state index in [4.69, 9.17) is 14.7 Å². The third-order valence-corrected chi connectivity index (χ3v) is 6.63. The number of fused-ring (bicyclic) bond motifs is 1. The van der Waals surface area contributed by atoms with Gasteiger partial charge in [0.2, 0.25) is 0 Å². The van der Waals surface area contributed by atoms with Crippen LogP contribution in [0.2, 0.25) is 0 Å². The van der Waals surface area contributed by atoms with Crippen LogP contribution >= 0.6 is 22.7 Å². The molecule has 5 rings (SSSR count). The summed E-state index contributed by atoms with van der Waals surface area (Å²) in [4.78, 5) is 15.8. The highest BCUT2D eigenvalue weighted by atomic mass is 32.1. The Morgan fingerprint density at radius 2 is 1.69 bits per heavy atom. The van der Waals surface area contributed by atoms with Crippen molar-refractivity contribution in [2.45, 2.75) is 0 Å². The summed E-state index contributed by atoms with van der Waals surface area (Å²) < 4.78 is 5.51. The molecule has 0 saturated carbocycles. The molecule has 1 aliphatic rings. The van der Waals surface area contributed by atoms with E-state index in [1.165, 1.54) is 9.75 Å². The van der Waals surface area contributed by atoms with Crippen molar-refractivity contribution in [3.8, 4) is 20.5 Å². The second kappa shape index (κ2) is 6.79. The van der Waals surface area contributed by atoms with Gasteiger partial charge in [-0.1, -0.05) is 18.2 Å². The van der Waals surface area contributed by atoms with E-state index in [0.29, 0.717) is 0 Å². The quantitative estimate of drug-likeness (QED) is 0.506. The normalized spacial score (nSPS) is 14.8. The lowest BCUT2D eigenvalue weighted by Gasteiger charge is -2.28. The van der Waals surface area contributed by atoms with Gasteiger partial charge in [0, 0.05) is 28.2 Å². The van der Waals surface area contributed by atoms with Crippen molar-refractivity contribution < 1.29 is 4.74 Å². The van der Waals surface area contributed by atoms with Crippen molar-refractivity contribution in [2.75, 3.05) is 31.2 Å². The maximum absolute atomic E-state index is 5.51. The molecule has 1 fully saturated rings. The van der Waals surface area contributed by atoms with Gasteiger partial charge in [-0.3, -0.25) is 0 Å². The molecular weight excluding hydrogens is 362 g/mol. The number of thiophene rings is 2. The molecule has 0 aliphatic carbocycles. The van der Waals surface area contributed by atoms with Gasteiger partial charge in [-0.2, -0.15) is 0 Å². The van der Waals surface area contributed by atoms with E-state index in [1.54, 1.807) is 22.7 Å². The zero-order valence-corrected chi connectivity index (χ0v) is 15.7. The van der Waals surface area contributed by atoms with E-state index in [2.05, 4.69) is 52.7 Å². The lowest BCUT2D eigenvalue weighted by Crippen LogP contribution is -2.37. The molecule has 3 aromatic heterocycles. The molecule has 1 saturated heterocycles. The fraction of sp³-hybridized carbons (Fsp3) is 0.200. The molecule has 26 heavy (non-hydrogen) atoms. The van der Waals surface area contributed by atoms with Crippen LogP contribution in [0.25, 0.3) is 31.4 Å². The highest BCUT2D eigenvalue weighted by Crippen LogP contribution is 2.37. The standard InChI is InChI=1S/C20H17N3OS2/c1-2-5-15-14(4-1)20(23-9-11-24-12-10-23)22-19(21-15)18-8-7-17(26-18)16-6-3-13-25-16/h1-8,13H,9-12H2. The van der Waals surface area contributed by atoms with Crippen LogP contribution in [0.1, 0.15) is 0 Å². The number of ether oxygens (including phenoxy) is 1. The molecule has 1 aliphatic heterocycles. The first-order valence-corrected chi connectivity index (χ1v) is 10.3. The minimum absolute atomic E-state index is 0.745. The fourth-order valence-electron chi connectivity index (χ4n) is 3.20. The third kappa shape index (κ3) is 2.90. The molecule has 0 spiro atoms. The van der Waals surface area contributed by atoms with Gasteiger partial charge in [0.25, 0.3) is 0 Å². The number of hydrogen-bond acceptors (Lipinski definition) is 6. The van der Waals surface area contributed by atoms with Gasteiger partial charge in [-0.25, -0.2) is 9.97 Å². The molecular formula is C20H17N3OS2. The lowest BCUT2D eigenvalue weighted by atomic mass is 10.2. The fourth-order valence-corrected chi connectivity index (χ4v) is 4.97. The smallest absolute Gasteiger partial charge is 0.172 e. The average molecular weight is 380 g/mol. The van der Waals surface area contributed by atoms with E-state index < -0.39 is 0 Å². The molecule has 130 valence electrons. The van der Waals surface area contributed by atoms with Crippen LogP contribution in [-0.2, 0) is 4.74 Å². The van der Waals surface area contributed by atoms with Crippen LogP contribution in [-0.4, -0.2) is 36.3 Å². The molecule has 6 heteroatoms. The summed E-state index contributed by atoms with van der Waals surface area (Å²) in [6.07, 6.45) is 0. The van der Waals surface area contributed by atoms with E-state index >= 15 is 0 Å². The highest BCUT2D eigenvalue weighted by molar-refractivity contribution is 7.23. The average Bonchev–Trinajstić information content (AvgIpc) is 3.39. The lowest BCUT2D eigenvalue weighted by molar-refractivity contribution is 0.122. The van der Waals surface area contributed by atoms with Gasteiger partial charge < -0.3 is 9.64 Å². The first-order valence-electron chi connectivity index (χ1n) is 8.62. The number of nitrogens with zero attached hydrogens (tertiary/aromatic N) is 3. The SMILES string of the molecule is c1csc(-c2ccc(-c3nc(N4CCOCC4)c4ccccc4n3)s2)c1. The second-order valence-electron chi connectivity index (χ2n) is 6.13. The first-order chi connectivity index (χ1) is 12.9. The number of morpholine rings is 1. The maximum Gasteiger partial charge on any atom is 0.172 e. The van der Waals surface area contributed by atoms with Crippen LogP contribution in [0.15, 0.2) is 53.9 Å². The number of benzene rings is 1. The summed E-state index contributed by atoms with van der Waals surface area (Å²) in [6.45, 7) is 3.22. The monoisotopic (exact) mass is 379 g/mol. The van der Waals surface area contributed by atoms with Gasteiger partial charge in [0.1, 0.15) is 5.82 Å². The predicted octanol–water partition coefficient (Wildman–Crippen LogP) is 4.92. The molecule has 0 radical (unpaired) electrons. The van der Waals surface area contributed by atoms with Crippen LogP contribution in [0, 0.1) is 0 Å². The molecule has 0 atom stereocenters. The van der Waals surface area contributed by atoms with Crippen LogP contribution in [0.4, 0.5) is 5.82 Å². The Morgan fingerprint density at radius 1 is 0.846 bits per heavy atom. The van der Waals surface area contributed by atoms with Crippen LogP contribution in [0.3, 0.4) is 0 Å². The summed E-state index contributed by atoms with van der Waals surface area (Å²) in [5.74, 6) is 1.82. The van der Waals surface area contributed by atoms with Crippen molar-refractivity contribution in [3.05, 3.63) is 53.9 Å². The zero-order chi connectivity index (χ0) is 17.3. The number of rotatable bonds is 3. The number of aromatic nitrogens is 2. The Kier molecular flexibility index (Phi) is 4.16. The predicted molar refractivity (Wildman–Crippen MR) is 109 cm³/mol. The molecule has 1 aromatic carbocycles. The Hall–Kier alpha value is -2.28. The summed E-state index contributed by atoms with van der Waals surface area (Å²) in [6, 6.07) is 16.8. The molecule has 0 amide bonds. The molecule has 4 heterocycles.